The van der Waals surface area contributed by atoms with Crippen LogP contribution in [0.15, 0.2) is 18.3 Å². The normalized spacial score (nSPS) is 9.93. The Hall–Kier alpha value is -1.62. The van der Waals surface area contributed by atoms with E-state index >= 15 is 0 Å². The minimum atomic E-state index is -0.408. The summed E-state index contributed by atoms with van der Waals surface area (Å²) in [5.74, 6) is 0.0439. The van der Waals surface area contributed by atoms with Gasteiger partial charge in [0.25, 0.3) is 0 Å². The maximum atomic E-state index is 10.5. The van der Waals surface area contributed by atoms with Crippen molar-refractivity contribution in [2.24, 2.45) is 5.73 Å². The van der Waals surface area contributed by atoms with E-state index in [-0.39, 0.29) is 19.6 Å². The van der Waals surface area contributed by atoms with Crippen LogP contribution in [0.2, 0.25) is 0 Å². The quantitative estimate of drug-likeness (QED) is 0.685. The van der Waals surface area contributed by atoms with Crippen LogP contribution in [0.4, 0.5) is 0 Å². The predicted octanol–water partition coefficient (Wildman–Crippen LogP) is -0.129. The number of pyridine rings is 1. The molecule has 5 heteroatoms. The highest BCUT2D eigenvalue weighted by Crippen LogP contribution is 2.14. The van der Waals surface area contributed by atoms with Gasteiger partial charge in [-0.3, -0.25) is 4.79 Å². The zero-order valence-corrected chi connectivity index (χ0v) is 8.35. The van der Waals surface area contributed by atoms with Gasteiger partial charge in [0.05, 0.1) is 13.0 Å². The summed E-state index contributed by atoms with van der Waals surface area (Å²) in [6, 6.07) is 3.59. The molecule has 0 unspecified atom stereocenters. The molecule has 15 heavy (non-hydrogen) atoms. The number of primary amides is 1. The first-order valence-corrected chi connectivity index (χ1v) is 4.70. The number of ether oxygens (including phenoxy) is 1. The van der Waals surface area contributed by atoms with Crippen molar-refractivity contribution >= 4 is 5.91 Å². The summed E-state index contributed by atoms with van der Waals surface area (Å²) >= 11 is 0. The van der Waals surface area contributed by atoms with Crippen molar-refractivity contribution in [2.45, 2.75) is 12.8 Å². The summed E-state index contributed by atoms with van der Waals surface area (Å²) in [4.78, 5) is 14.5. The number of aliphatic hydroxyl groups excluding tert-OH is 1. The summed E-state index contributed by atoms with van der Waals surface area (Å²) < 4.78 is 5.28. The largest absolute Gasteiger partial charge is 0.477 e. The monoisotopic (exact) mass is 210 g/mol. The molecule has 0 fully saturated rings. The van der Waals surface area contributed by atoms with Gasteiger partial charge in [-0.1, -0.05) is 6.07 Å². The van der Waals surface area contributed by atoms with Crippen LogP contribution in [-0.2, 0) is 11.2 Å². The first-order valence-electron chi connectivity index (χ1n) is 4.70. The molecule has 0 spiro atoms. The maximum Gasteiger partial charge on any atom is 0.220 e. The fourth-order valence-corrected chi connectivity index (χ4v) is 1.11. The van der Waals surface area contributed by atoms with Gasteiger partial charge in [0, 0.05) is 24.8 Å². The van der Waals surface area contributed by atoms with E-state index in [4.69, 9.17) is 15.6 Å². The number of aliphatic hydroxyl groups is 1. The number of rotatable bonds is 6. The van der Waals surface area contributed by atoms with Crippen LogP contribution in [0.5, 0.6) is 5.88 Å². The number of amides is 1. The first-order chi connectivity index (χ1) is 7.24. The number of carbonyl (C=O) groups excluding carboxylic acids is 1. The van der Waals surface area contributed by atoms with Gasteiger partial charge in [0.2, 0.25) is 11.8 Å². The Balaban J connectivity index is 2.55. The van der Waals surface area contributed by atoms with Crippen LogP contribution < -0.4 is 10.5 Å². The van der Waals surface area contributed by atoms with E-state index in [1.807, 2.05) is 6.07 Å². The number of carbonyl (C=O) groups is 1. The zero-order chi connectivity index (χ0) is 11.1. The smallest absolute Gasteiger partial charge is 0.220 e. The molecule has 3 N–H and O–H groups in total. The predicted molar refractivity (Wildman–Crippen MR) is 54.3 cm³/mol. The van der Waals surface area contributed by atoms with E-state index in [1.165, 1.54) is 0 Å². The number of hydrogen-bond donors (Lipinski definition) is 2. The lowest BCUT2D eigenvalue weighted by molar-refractivity contribution is -0.118. The molecule has 5 nitrogen and oxygen atoms in total. The highest BCUT2D eigenvalue weighted by atomic mass is 16.5. The van der Waals surface area contributed by atoms with E-state index in [9.17, 15) is 4.79 Å². The maximum absolute atomic E-state index is 10.5. The minimum Gasteiger partial charge on any atom is -0.477 e. The summed E-state index contributed by atoms with van der Waals surface area (Å²) in [7, 11) is 0. The zero-order valence-electron chi connectivity index (χ0n) is 8.35. The number of nitrogens with two attached hydrogens (primary N) is 1. The first kappa shape index (κ1) is 11.5. The summed E-state index contributed by atoms with van der Waals surface area (Å²) in [5, 5.41) is 8.80. The Labute approximate surface area is 87.9 Å². The Kier molecular flexibility index (Phi) is 4.56. The van der Waals surface area contributed by atoms with Crippen LogP contribution in [-0.4, -0.2) is 29.2 Å². The molecule has 1 heterocycles. The van der Waals surface area contributed by atoms with Crippen molar-refractivity contribution in [1.82, 2.24) is 4.98 Å². The van der Waals surface area contributed by atoms with Gasteiger partial charge in [0.15, 0.2) is 0 Å². The SMILES string of the molecule is NC(=O)CCOc1ncccc1CCO. The number of nitrogens with zero attached hydrogens (tertiary/aromatic N) is 1. The van der Waals surface area contributed by atoms with Crippen LogP contribution >= 0.6 is 0 Å². The molecule has 0 atom stereocenters. The van der Waals surface area contributed by atoms with Crippen molar-refractivity contribution < 1.29 is 14.6 Å². The lowest BCUT2D eigenvalue weighted by Crippen LogP contribution is -2.15. The Morgan fingerprint density at radius 1 is 1.60 bits per heavy atom. The molecule has 0 saturated carbocycles. The molecule has 0 radical (unpaired) electrons. The minimum absolute atomic E-state index is 0.0396. The van der Waals surface area contributed by atoms with E-state index < -0.39 is 5.91 Å². The van der Waals surface area contributed by atoms with Crippen LogP contribution in [0.1, 0.15) is 12.0 Å². The molecule has 1 rings (SSSR count). The highest BCUT2D eigenvalue weighted by Gasteiger charge is 2.04. The van der Waals surface area contributed by atoms with Crippen LogP contribution in [0.3, 0.4) is 0 Å². The third kappa shape index (κ3) is 3.95. The highest BCUT2D eigenvalue weighted by molar-refractivity contribution is 5.73. The van der Waals surface area contributed by atoms with Gasteiger partial charge >= 0.3 is 0 Å². The summed E-state index contributed by atoms with van der Waals surface area (Å²) in [5.41, 5.74) is 5.80. The Morgan fingerprint density at radius 3 is 3.07 bits per heavy atom. The third-order valence-corrected chi connectivity index (χ3v) is 1.82. The van der Waals surface area contributed by atoms with Crippen molar-refractivity contribution in [2.75, 3.05) is 13.2 Å². The molecule has 1 amide bonds. The molecule has 0 aliphatic rings. The molecule has 1 aromatic rings. The van der Waals surface area contributed by atoms with E-state index in [1.54, 1.807) is 12.3 Å². The molecule has 0 aromatic carbocycles. The topological polar surface area (TPSA) is 85.4 Å². The molecule has 1 aromatic heterocycles. The van der Waals surface area contributed by atoms with Gasteiger partial charge in [-0.05, 0) is 6.07 Å². The Bertz CT molecular complexity index is 328. The molecule has 0 aliphatic carbocycles. The second-order valence-corrected chi connectivity index (χ2v) is 3.01. The fraction of sp³-hybridized carbons (Fsp3) is 0.400. The lowest BCUT2D eigenvalue weighted by Gasteiger charge is -2.07. The van der Waals surface area contributed by atoms with Crippen molar-refractivity contribution in [3.8, 4) is 5.88 Å². The lowest BCUT2D eigenvalue weighted by atomic mass is 10.2. The van der Waals surface area contributed by atoms with E-state index in [0.717, 1.165) is 5.56 Å². The van der Waals surface area contributed by atoms with Gasteiger partial charge < -0.3 is 15.6 Å². The second kappa shape index (κ2) is 5.98. The van der Waals surface area contributed by atoms with Gasteiger partial charge in [0.1, 0.15) is 0 Å². The standard InChI is InChI=1S/C10H14N2O3/c11-9(14)4-7-15-10-8(3-6-13)2-1-5-12-10/h1-2,5,13H,3-4,6-7H2,(H2,11,14). The number of aromatic nitrogens is 1. The van der Waals surface area contributed by atoms with E-state index in [0.29, 0.717) is 12.3 Å². The summed E-state index contributed by atoms with van der Waals surface area (Å²) in [6.07, 6.45) is 2.25. The van der Waals surface area contributed by atoms with Gasteiger partial charge in [-0.2, -0.15) is 0 Å². The molecular weight excluding hydrogens is 196 g/mol. The van der Waals surface area contributed by atoms with Crippen molar-refractivity contribution in [3.63, 3.8) is 0 Å². The van der Waals surface area contributed by atoms with Gasteiger partial charge in [-0.15, -0.1) is 0 Å². The third-order valence-electron chi connectivity index (χ3n) is 1.82. The number of hydrogen-bond acceptors (Lipinski definition) is 4. The molecule has 82 valence electrons. The Morgan fingerprint density at radius 2 is 2.40 bits per heavy atom. The van der Waals surface area contributed by atoms with Crippen LogP contribution in [0, 0.1) is 0 Å². The van der Waals surface area contributed by atoms with Crippen LogP contribution in [0.25, 0.3) is 0 Å². The van der Waals surface area contributed by atoms with Gasteiger partial charge in [-0.25, -0.2) is 4.98 Å². The van der Waals surface area contributed by atoms with E-state index in [2.05, 4.69) is 4.98 Å². The molecular formula is C10H14N2O3. The average Bonchev–Trinajstić information content (AvgIpc) is 2.20. The fourth-order valence-electron chi connectivity index (χ4n) is 1.11. The molecule has 0 bridgehead atoms. The second-order valence-electron chi connectivity index (χ2n) is 3.01. The average molecular weight is 210 g/mol. The molecule has 0 aliphatic heterocycles. The molecule has 0 saturated heterocycles. The van der Waals surface area contributed by atoms with Crippen molar-refractivity contribution in [1.29, 1.82) is 0 Å². The summed E-state index contributed by atoms with van der Waals surface area (Å²) in [6.45, 7) is 0.253. The van der Waals surface area contributed by atoms with Crippen molar-refractivity contribution in [3.05, 3.63) is 23.9 Å².